The van der Waals surface area contributed by atoms with Crippen LogP contribution in [0.3, 0.4) is 0 Å². The summed E-state index contributed by atoms with van der Waals surface area (Å²) in [5.41, 5.74) is 0.264. The van der Waals surface area contributed by atoms with Crippen molar-refractivity contribution in [3.8, 4) is 0 Å². The van der Waals surface area contributed by atoms with Crippen LogP contribution in [0.4, 0.5) is 5.13 Å². The Hall–Kier alpha value is -2.26. The monoisotopic (exact) mass is 376 g/mol. The van der Waals surface area contributed by atoms with Crippen LogP contribution in [0.1, 0.15) is 48.0 Å². The second-order valence-corrected chi connectivity index (χ2v) is 7.34. The number of ether oxygens (including phenoxy) is 1. The predicted octanol–water partition coefficient (Wildman–Crippen LogP) is 2.27. The van der Waals surface area contributed by atoms with Crippen LogP contribution in [0.25, 0.3) is 0 Å². The molecule has 2 fully saturated rings. The van der Waals surface area contributed by atoms with Crippen molar-refractivity contribution in [2.75, 3.05) is 25.1 Å². The van der Waals surface area contributed by atoms with Crippen molar-refractivity contribution in [2.45, 2.75) is 37.6 Å². The van der Waals surface area contributed by atoms with Gasteiger partial charge in [0.25, 0.3) is 5.91 Å². The molecule has 2 aliphatic heterocycles. The van der Waals surface area contributed by atoms with E-state index >= 15 is 0 Å². The first-order chi connectivity index (χ1) is 12.7. The second kappa shape index (κ2) is 7.55. The van der Waals surface area contributed by atoms with Crippen LogP contribution in [0.5, 0.6) is 0 Å². The van der Waals surface area contributed by atoms with Gasteiger partial charge in [0.2, 0.25) is 5.91 Å². The van der Waals surface area contributed by atoms with E-state index in [0.717, 1.165) is 19.3 Å². The largest absolute Gasteiger partial charge is 0.448 e. The molecule has 138 valence electrons. The minimum atomic E-state index is -0.505. The van der Waals surface area contributed by atoms with E-state index < -0.39 is 6.04 Å². The Kier molecular flexibility index (Phi) is 4.98. The smallest absolute Gasteiger partial charge is 0.276 e. The van der Waals surface area contributed by atoms with Crippen molar-refractivity contribution >= 4 is 28.3 Å². The number of thiazole rings is 1. The fourth-order valence-electron chi connectivity index (χ4n) is 3.42. The van der Waals surface area contributed by atoms with Crippen LogP contribution in [0.15, 0.2) is 22.3 Å². The third-order valence-corrected chi connectivity index (χ3v) is 5.48. The van der Waals surface area contributed by atoms with Crippen molar-refractivity contribution in [1.82, 2.24) is 14.9 Å². The lowest BCUT2D eigenvalue weighted by atomic mass is 10.0. The van der Waals surface area contributed by atoms with E-state index in [1.807, 2.05) is 0 Å². The summed E-state index contributed by atoms with van der Waals surface area (Å²) in [5, 5.41) is 5.11. The first kappa shape index (κ1) is 17.2. The summed E-state index contributed by atoms with van der Waals surface area (Å²) >= 11 is 1.35. The molecule has 2 saturated heterocycles. The molecular weight excluding hydrogens is 356 g/mol. The van der Waals surface area contributed by atoms with Crippen LogP contribution < -0.4 is 5.32 Å². The molecule has 1 atom stereocenters. The highest BCUT2D eigenvalue weighted by Gasteiger charge is 2.36. The van der Waals surface area contributed by atoms with Crippen LogP contribution in [-0.4, -0.2) is 52.5 Å². The molecular formula is C17H20N4O4S. The fourth-order valence-corrected chi connectivity index (χ4v) is 3.95. The quantitative estimate of drug-likeness (QED) is 0.879. The van der Waals surface area contributed by atoms with Crippen molar-refractivity contribution in [3.05, 3.63) is 29.4 Å². The molecule has 2 aromatic heterocycles. The molecule has 4 rings (SSSR count). The number of hydrogen-bond acceptors (Lipinski definition) is 7. The molecule has 0 aliphatic carbocycles. The average molecular weight is 376 g/mol. The Labute approximate surface area is 154 Å². The highest BCUT2D eigenvalue weighted by Crippen LogP contribution is 2.27. The number of nitrogens with one attached hydrogen (secondary N) is 1. The lowest BCUT2D eigenvalue weighted by Crippen LogP contribution is -2.43. The Morgan fingerprint density at radius 3 is 2.88 bits per heavy atom. The summed E-state index contributed by atoms with van der Waals surface area (Å²) < 4.78 is 10.9. The maximum atomic E-state index is 12.8. The molecule has 0 saturated carbocycles. The number of anilines is 1. The van der Waals surface area contributed by atoms with Gasteiger partial charge in [-0.05, 0) is 25.7 Å². The second-order valence-electron chi connectivity index (χ2n) is 6.44. The molecule has 0 spiro atoms. The third-order valence-electron chi connectivity index (χ3n) is 4.79. The Bertz CT molecular complexity index is 770. The number of oxazole rings is 1. The van der Waals surface area contributed by atoms with Gasteiger partial charge in [-0.25, -0.2) is 9.97 Å². The van der Waals surface area contributed by atoms with Gasteiger partial charge in [0.1, 0.15) is 12.3 Å². The van der Waals surface area contributed by atoms with Crippen LogP contribution in [0.2, 0.25) is 0 Å². The van der Waals surface area contributed by atoms with Crippen molar-refractivity contribution < 1.29 is 18.7 Å². The van der Waals surface area contributed by atoms with Gasteiger partial charge < -0.3 is 19.4 Å². The zero-order valence-electron chi connectivity index (χ0n) is 14.2. The van der Waals surface area contributed by atoms with Gasteiger partial charge in [-0.2, -0.15) is 0 Å². The number of nitrogens with zero attached hydrogens (tertiary/aromatic N) is 3. The molecule has 0 aromatic carbocycles. The molecule has 1 N–H and O–H groups in total. The topological polar surface area (TPSA) is 97.6 Å². The third kappa shape index (κ3) is 3.49. The van der Waals surface area contributed by atoms with Crippen LogP contribution in [0, 0.1) is 0 Å². The number of carbonyl (C=O) groups excluding carboxylic acids is 2. The van der Waals surface area contributed by atoms with E-state index in [0.29, 0.717) is 37.2 Å². The molecule has 2 amide bonds. The molecule has 2 aromatic rings. The number of carbonyl (C=O) groups is 2. The van der Waals surface area contributed by atoms with Gasteiger partial charge >= 0.3 is 0 Å². The number of hydrogen-bond donors (Lipinski definition) is 1. The molecule has 26 heavy (non-hydrogen) atoms. The molecule has 4 heterocycles. The normalized spacial score (nSPS) is 21.1. The van der Waals surface area contributed by atoms with E-state index in [-0.39, 0.29) is 23.4 Å². The maximum absolute atomic E-state index is 12.8. The minimum absolute atomic E-state index is 0.188. The lowest BCUT2D eigenvalue weighted by molar-refractivity contribution is -0.119. The summed E-state index contributed by atoms with van der Waals surface area (Å²) in [4.78, 5) is 35.4. The number of aromatic nitrogens is 2. The summed E-state index contributed by atoms with van der Waals surface area (Å²) in [7, 11) is 0. The van der Waals surface area contributed by atoms with E-state index in [1.54, 1.807) is 16.5 Å². The molecule has 1 unspecified atom stereocenters. The standard InChI is InChI=1S/C17H20N4O4S/c22-14(20-17-18-5-9-26-17)13-2-1-6-21(13)16(23)12-10-25-15(19-12)11-3-7-24-8-4-11/h5,9-11,13H,1-4,6-8H2,(H,18,20,22). The lowest BCUT2D eigenvalue weighted by Gasteiger charge is -2.22. The summed E-state index contributed by atoms with van der Waals surface area (Å²) in [6, 6.07) is -0.505. The van der Waals surface area contributed by atoms with Crippen molar-refractivity contribution in [3.63, 3.8) is 0 Å². The number of likely N-dealkylation sites (tertiary alicyclic amines) is 1. The SMILES string of the molecule is O=C(Nc1nccs1)C1CCCN1C(=O)c1coc(C2CCOCC2)n1. The van der Waals surface area contributed by atoms with Gasteiger partial charge in [0, 0.05) is 37.3 Å². The van der Waals surface area contributed by atoms with Crippen molar-refractivity contribution in [2.24, 2.45) is 0 Å². The number of amides is 2. The fraction of sp³-hybridized carbons (Fsp3) is 0.529. The van der Waals surface area contributed by atoms with Crippen molar-refractivity contribution in [1.29, 1.82) is 0 Å². The predicted molar refractivity (Wildman–Crippen MR) is 94.1 cm³/mol. The maximum Gasteiger partial charge on any atom is 0.276 e. The van der Waals surface area contributed by atoms with E-state index in [9.17, 15) is 9.59 Å². The van der Waals surface area contributed by atoms with E-state index in [2.05, 4.69) is 15.3 Å². The summed E-state index contributed by atoms with van der Waals surface area (Å²) in [6.07, 6.45) is 6.14. The number of rotatable bonds is 4. The first-order valence-corrected chi connectivity index (χ1v) is 9.65. The van der Waals surface area contributed by atoms with E-state index in [1.165, 1.54) is 17.6 Å². The zero-order chi connectivity index (χ0) is 17.9. The molecule has 2 aliphatic rings. The summed E-state index contributed by atoms with van der Waals surface area (Å²) in [5.74, 6) is 0.301. The average Bonchev–Trinajstić information content (AvgIpc) is 3.42. The highest BCUT2D eigenvalue weighted by atomic mass is 32.1. The van der Waals surface area contributed by atoms with Crippen LogP contribution in [-0.2, 0) is 9.53 Å². The van der Waals surface area contributed by atoms with Crippen LogP contribution >= 0.6 is 11.3 Å². The van der Waals surface area contributed by atoms with Gasteiger partial charge in [-0.3, -0.25) is 9.59 Å². The first-order valence-electron chi connectivity index (χ1n) is 8.77. The van der Waals surface area contributed by atoms with Gasteiger partial charge in [-0.15, -0.1) is 11.3 Å². The zero-order valence-corrected chi connectivity index (χ0v) is 15.0. The summed E-state index contributed by atoms with van der Waals surface area (Å²) in [6.45, 7) is 1.90. The molecule has 8 nitrogen and oxygen atoms in total. The molecule has 0 bridgehead atoms. The Morgan fingerprint density at radius 2 is 2.12 bits per heavy atom. The highest BCUT2D eigenvalue weighted by molar-refractivity contribution is 7.13. The minimum Gasteiger partial charge on any atom is -0.448 e. The molecule has 9 heteroatoms. The van der Waals surface area contributed by atoms with Gasteiger partial charge in [0.05, 0.1) is 0 Å². The Balaban J connectivity index is 1.44. The van der Waals surface area contributed by atoms with Gasteiger partial charge in [-0.1, -0.05) is 0 Å². The molecule has 0 radical (unpaired) electrons. The van der Waals surface area contributed by atoms with Gasteiger partial charge in [0.15, 0.2) is 16.7 Å². The van der Waals surface area contributed by atoms with E-state index in [4.69, 9.17) is 9.15 Å². The Morgan fingerprint density at radius 1 is 1.27 bits per heavy atom.